The van der Waals surface area contributed by atoms with Crippen LogP contribution in [0.1, 0.15) is 29.4 Å². The molecule has 126 valence electrons. The summed E-state index contributed by atoms with van der Waals surface area (Å²) in [5.74, 6) is -1.25. The van der Waals surface area contributed by atoms with Gasteiger partial charge in [-0.25, -0.2) is 9.37 Å². The van der Waals surface area contributed by atoms with Crippen molar-refractivity contribution in [1.29, 1.82) is 0 Å². The summed E-state index contributed by atoms with van der Waals surface area (Å²) < 4.78 is 13.9. The Bertz CT molecular complexity index is 777. The number of amides is 2. The Morgan fingerprint density at radius 1 is 1.33 bits per heavy atom. The molecule has 2 heterocycles. The van der Waals surface area contributed by atoms with Crippen molar-refractivity contribution in [3.05, 3.63) is 41.2 Å². The second-order valence-corrected chi connectivity index (χ2v) is 7.02. The normalized spacial score (nSPS) is 20.8. The van der Waals surface area contributed by atoms with Crippen LogP contribution in [-0.4, -0.2) is 34.3 Å². The van der Waals surface area contributed by atoms with E-state index in [0.717, 1.165) is 17.8 Å². The maximum atomic E-state index is 13.9. The fourth-order valence-electron chi connectivity index (χ4n) is 2.90. The van der Waals surface area contributed by atoms with Crippen LogP contribution in [0.2, 0.25) is 0 Å². The van der Waals surface area contributed by atoms with Crippen molar-refractivity contribution in [3.63, 3.8) is 0 Å². The highest BCUT2D eigenvalue weighted by Crippen LogP contribution is 2.30. The maximum Gasteiger partial charge on any atom is 0.265 e. The van der Waals surface area contributed by atoms with Gasteiger partial charge in [0.25, 0.3) is 5.91 Å². The predicted octanol–water partition coefficient (Wildman–Crippen LogP) is 2.68. The van der Waals surface area contributed by atoms with Gasteiger partial charge in [-0.2, -0.15) is 0 Å². The summed E-state index contributed by atoms with van der Waals surface area (Å²) in [5, 5.41) is 0.465. The molecule has 2 aromatic rings. The van der Waals surface area contributed by atoms with Gasteiger partial charge in [0, 0.05) is 18.2 Å². The van der Waals surface area contributed by atoms with Gasteiger partial charge in [0.2, 0.25) is 5.91 Å². The number of carbonyl (C=O) groups excluding carboxylic acids is 2. The molecule has 2 N–H and O–H groups in total. The molecule has 1 aliphatic heterocycles. The molecule has 1 fully saturated rings. The molecule has 7 heteroatoms. The van der Waals surface area contributed by atoms with E-state index < -0.39 is 0 Å². The van der Waals surface area contributed by atoms with Gasteiger partial charge in [-0.3, -0.25) is 9.59 Å². The molecule has 0 saturated carbocycles. The molecule has 3 rings (SSSR count). The van der Waals surface area contributed by atoms with Crippen LogP contribution in [0.15, 0.2) is 30.5 Å². The highest BCUT2D eigenvalue weighted by atomic mass is 32.1. The number of nitrogens with zero attached hydrogens (tertiary/aromatic N) is 2. The first-order chi connectivity index (χ1) is 11.5. The Balaban J connectivity index is 1.83. The van der Waals surface area contributed by atoms with Crippen LogP contribution >= 0.6 is 11.3 Å². The SMILES string of the molecule is C[C@H]1CC[C@H](C(N)=O)CN1C(=O)c1cnc(-c2ccccc2F)s1. The summed E-state index contributed by atoms with van der Waals surface area (Å²) in [5.41, 5.74) is 5.76. The lowest BCUT2D eigenvalue weighted by Crippen LogP contribution is -2.48. The summed E-state index contributed by atoms with van der Waals surface area (Å²) in [7, 11) is 0. The van der Waals surface area contributed by atoms with Gasteiger partial charge in [-0.15, -0.1) is 11.3 Å². The summed E-state index contributed by atoms with van der Waals surface area (Å²) in [4.78, 5) is 30.5. The van der Waals surface area contributed by atoms with Crippen LogP contribution < -0.4 is 5.73 Å². The number of carbonyl (C=O) groups is 2. The zero-order chi connectivity index (χ0) is 17.3. The van der Waals surface area contributed by atoms with Crippen molar-refractivity contribution in [3.8, 4) is 10.6 Å². The second-order valence-electron chi connectivity index (χ2n) is 5.99. The third-order valence-electron chi connectivity index (χ3n) is 4.37. The number of hydrogen-bond acceptors (Lipinski definition) is 4. The first-order valence-corrected chi connectivity index (χ1v) is 8.60. The van der Waals surface area contributed by atoms with Gasteiger partial charge >= 0.3 is 0 Å². The van der Waals surface area contributed by atoms with E-state index in [-0.39, 0.29) is 29.6 Å². The molecule has 0 spiro atoms. The van der Waals surface area contributed by atoms with Gasteiger partial charge in [0.15, 0.2) is 0 Å². The molecule has 0 bridgehead atoms. The lowest BCUT2D eigenvalue weighted by atomic mass is 9.93. The fourth-order valence-corrected chi connectivity index (χ4v) is 3.80. The number of hydrogen-bond donors (Lipinski definition) is 1. The molecule has 1 aliphatic rings. The number of benzene rings is 1. The van der Waals surface area contributed by atoms with Crippen LogP contribution in [-0.2, 0) is 4.79 Å². The minimum absolute atomic E-state index is 0.0344. The van der Waals surface area contributed by atoms with E-state index in [4.69, 9.17) is 5.73 Å². The molecule has 0 radical (unpaired) electrons. The highest BCUT2D eigenvalue weighted by molar-refractivity contribution is 7.16. The number of piperidine rings is 1. The fraction of sp³-hybridized carbons (Fsp3) is 0.353. The first-order valence-electron chi connectivity index (χ1n) is 7.78. The maximum absolute atomic E-state index is 13.9. The van der Waals surface area contributed by atoms with Gasteiger partial charge in [0.05, 0.1) is 12.1 Å². The smallest absolute Gasteiger partial charge is 0.265 e. The van der Waals surface area contributed by atoms with Gasteiger partial charge in [-0.1, -0.05) is 12.1 Å². The lowest BCUT2D eigenvalue weighted by molar-refractivity contribution is -0.123. The first kappa shape index (κ1) is 16.6. The zero-order valence-corrected chi connectivity index (χ0v) is 14.1. The van der Waals surface area contributed by atoms with Crippen molar-refractivity contribution in [1.82, 2.24) is 9.88 Å². The average molecular weight is 347 g/mol. The van der Waals surface area contributed by atoms with Crippen molar-refractivity contribution in [2.75, 3.05) is 6.54 Å². The van der Waals surface area contributed by atoms with E-state index in [1.54, 1.807) is 23.1 Å². The zero-order valence-electron chi connectivity index (χ0n) is 13.2. The number of thiazole rings is 1. The monoisotopic (exact) mass is 347 g/mol. The van der Waals surface area contributed by atoms with E-state index in [0.29, 0.717) is 28.4 Å². The minimum Gasteiger partial charge on any atom is -0.369 e. The van der Waals surface area contributed by atoms with Crippen LogP contribution in [0.3, 0.4) is 0 Å². The van der Waals surface area contributed by atoms with E-state index >= 15 is 0 Å². The van der Waals surface area contributed by atoms with Crippen LogP contribution in [0.5, 0.6) is 0 Å². The average Bonchev–Trinajstić information content (AvgIpc) is 3.04. The largest absolute Gasteiger partial charge is 0.369 e. The number of likely N-dealkylation sites (tertiary alicyclic amines) is 1. The molecule has 0 aliphatic carbocycles. The van der Waals surface area contributed by atoms with E-state index in [1.807, 2.05) is 6.92 Å². The van der Waals surface area contributed by atoms with Gasteiger partial charge in [-0.05, 0) is 31.9 Å². The van der Waals surface area contributed by atoms with Crippen LogP contribution in [0, 0.1) is 11.7 Å². The molecule has 0 unspecified atom stereocenters. The number of rotatable bonds is 3. The molecule has 5 nitrogen and oxygen atoms in total. The molecular formula is C17H18FN3O2S. The third-order valence-corrected chi connectivity index (χ3v) is 5.38. The number of halogens is 1. The van der Waals surface area contributed by atoms with E-state index in [9.17, 15) is 14.0 Å². The lowest BCUT2D eigenvalue weighted by Gasteiger charge is -2.36. The highest BCUT2D eigenvalue weighted by Gasteiger charge is 2.32. The Hall–Kier alpha value is -2.28. The molecule has 2 atom stereocenters. The topological polar surface area (TPSA) is 76.3 Å². The molecular weight excluding hydrogens is 329 g/mol. The Labute approximate surface area is 143 Å². The summed E-state index contributed by atoms with van der Waals surface area (Å²) >= 11 is 1.16. The number of nitrogens with two attached hydrogens (primary N) is 1. The molecule has 2 amide bonds. The molecule has 24 heavy (non-hydrogen) atoms. The van der Waals surface area contributed by atoms with E-state index in [2.05, 4.69) is 4.98 Å². The van der Waals surface area contributed by atoms with Gasteiger partial charge < -0.3 is 10.6 Å². The quantitative estimate of drug-likeness (QED) is 0.927. The second kappa shape index (κ2) is 6.68. The van der Waals surface area contributed by atoms with Crippen molar-refractivity contribution >= 4 is 23.2 Å². The predicted molar refractivity (Wildman–Crippen MR) is 89.9 cm³/mol. The van der Waals surface area contributed by atoms with Crippen LogP contribution in [0.4, 0.5) is 4.39 Å². The van der Waals surface area contributed by atoms with E-state index in [1.165, 1.54) is 12.3 Å². The molecule has 1 aromatic carbocycles. The number of primary amides is 1. The molecule has 1 aromatic heterocycles. The van der Waals surface area contributed by atoms with Crippen molar-refractivity contribution in [2.24, 2.45) is 11.7 Å². The van der Waals surface area contributed by atoms with Crippen LogP contribution in [0.25, 0.3) is 10.6 Å². The molecule has 1 saturated heterocycles. The Morgan fingerprint density at radius 3 is 2.79 bits per heavy atom. The standard InChI is InChI=1S/C17H18FN3O2S/c1-10-6-7-11(15(19)22)9-21(10)17(23)14-8-20-16(24-14)12-4-2-3-5-13(12)18/h2-5,8,10-11H,6-7,9H2,1H3,(H2,19,22)/t10-,11-/m0/s1. The third kappa shape index (κ3) is 3.17. The Kier molecular flexibility index (Phi) is 4.62. The summed E-state index contributed by atoms with van der Waals surface area (Å²) in [6.45, 7) is 2.27. The minimum atomic E-state index is -0.379. The summed E-state index contributed by atoms with van der Waals surface area (Å²) in [6, 6.07) is 6.37. The Morgan fingerprint density at radius 2 is 2.08 bits per heavy atom. The van der Waals surface area contributed by atoms with Crippen molar-refractivity contribution < 1.29 is 14.0 Å². The van der Waals surface area contributed by atoms with Crippen molar-refractivity contribution in [2.45, 2.75) is 25.8 Å². The van der Waals surface area contributed by atoms with Gasteiger partial charge in [0.1, 0.15) is 15.7 Å². The number of aromatic nitrogens is 1. The summed E-state index contributed by atoms with van der Waals surface area (Å²) in [6.07, 6.45) is 2.90.